The van der Waals surface area contributed by atoms with Crippen molar-refractivity contribution < 1.29 is 28.5 Å². The van der Waals surface area contributed by atoms with Crippen LogP contribution in [0.1, 0.15) is 11.1 Å². The Hall–Kier alpha value is -3.54. The van der Waals surface area contributed by atoms with Gasteiger partial charge in [-0.1, -0.05) is 48.5 Å². The highest BCUT2D eigenvalue weighted by molar-refractivity contribution is 5.97. The van der Waals surface area contributed by atoms with Crippen molar-refractivity contribution >= 4 is 22.7 Å². The molecular formula is C23H22O6. The number of hydrogen-bond acceptors (Lipinski definition) is 6. The lowest BCUT2D eigenvalue weighted by Crippen LogP contribution is -2.20. The number of ether oxygens (including phenoxy) is 4. The van der Waals surface area contributed by atoms with Crippen molar-refractivity contribution in [2.45, 2.75) is 13.3 Å². The molecule has 0 atom stereocenters. The number of rotatable bonds is 7. The minimum absolute atomic E-state index is 0.0820. The molecule has 3 aromatic rings. The lowest BCUT2D eigenvalue weighted by atomic mass is 10.0. The third-order valence-corrected chi connectivity index (χ3v) is 4.43. The second kappa shape index (κ2) is 9.10. The second-order valence-electron chi connectivity index (χ2n) is 6.41. The highest BCUT2D eigenvalue weighted by atomic mass is 16.6. The van der Waals surface area contributed by atoms with E-state index in [0.29, 0.717) is 11.5 Å². The molecule has 150 valence electrons. The molecule has 0 unspecified atom stereocenters. The fraction of sp³-hybridized carbons (Fsp3) is 0.217. The van der Waals surface area contributed by atoms with Crippen LogP contribution in [0.3, 0.4) is 0 Å². The first-order valence-electron chi connectivity index (χ1n) is 9.08. The van der Waals surface area contributed by atoms with Gasteiger partial charge in [-0.15, -0.1) is 0 Å². The Bertz CT molecular complexity index is 1030. The van der Waals surface area contributed by atoms with Gasteiger partial charge in [-0.2, -0.15) is 0 Å². The second-order valence-corrected chi connectivity index (χ2v) is 6.41. The molecule has 0 fully saturated rings. The van der Waals surface area contributed by atoms with E-state index in [-0.39, 0.29) is 12.2 Å². The normalized spacial score (nSPS) is 10.4. The van der Waals surface area contributed by atoms with Gasteiger partial charge >= 0.3 is 11.9 Å². The molecule has 0 spiro atoms. The predicted octanol–water partition coefficient (Wildman–Crippen LogP) is 3.86. The number of methoxy groups -OCH3 is 2. The van der Waals surface area contributed by atoms with E-state index in [1.807, 2.05) is 61.5 Å². The van der Waals surface area contributed by atoms with Gasteiger partial charge in [0.2, 0.25) is 5.75 Å². The monoisotopic (exact) mass is 394 g/mol. The first-order chi connectivity index (χ1) is 14.0. The van der Waals surface area contributed by atoms with Gasteiger partial charge in [0.15, 0.2) is 18.1 Å². The number of carbonyl (C=O) groups excluding carboxylic acids is 2. The van der Waals surface area contributed by atoms with Crippen LogP contribution in [0.25, 0.3) is 10.8 Å². The molecule has 0 radical (unpaired) electrons. The van der Waals surface area contributed by atoms with Crippen LogP contribution in [0, 0.1) is 6.92 Å². The number of esters is 2. The fourth-order valence-electron chi connectivity index (χ4n) is 3.09. The van der Waals surface area contributed by atoms with Gasteiger partial charge in [-0.3, -0.25) is 4.79 Å². The number of hydrogen-bond donors (Lipinski definition) is 0. The first kappa shape index (κ1) is 20.2. The van der Waals surface area contributed by atoms with E-state index in [1.165, 1.54) is 14.2 Å². The van der Waals surface area contributed by atoms with Crippen LogP contribution in [-0.4, -0.2) is 32.8 Å². The summed E-state index contributed by atoms with van der Waals surface area (Å²) in [6, 6.07) is 16.7. The molecule has 6 nitrogen and oxygen atoms in total. The zero-order valence-electron chi connectivity index (χ0n) is 16.6. The molecule has 0 heterocycles. The summed E-state index contributed by atoms with van der Waals surface area (Å²) in [5.41, 5.74) is 1.72. The van der Waals surface area contributed by atoms with Gasteiger partial charge in [0, 0.05) is 5.39 Å². The molecule has 0 N–H and O–H groups in total. The molecule has 6 heteroatoms. The van der Waals surface area contributed by atoms with E-state index in [4.69, 9.17) is 18.9 Å². The molecule has 3 aromatic carbocycles. The Balaban J connectivity index is 1.78. The Morgan fingerprint density at radius 1 is 0.862 bits per heavy atom. The highest BCUT2D eigenvalue weighted by Gasteiger charge is 2.21. The van der Waals surface area contributed by atoms with Crippen LogP contribution in [0.4, 0.5) is 0 Å². The molecule has 0 amide bonds. The topological polar surface area (TPSA) is 71.1 Å². The number of carbonyl (C=O) groups is 2. The van der Waals surface area contributed by atoms with Crippen LogP contribution in [0.15, 0.2) is 54.6 Å². The van der Waals surface area contributed by atoms with Crippen molar-refractivity contribution in [2.24, 2.45) is 0 Å². The van der Waals surface area contributed by atoms with Crippen molar-refractivity contribution in [1.82, 2.24) is 0 Å². The zero-order chi connectivity index (χ0) is 20.8. The third kappa shape index (κ3) is 4.66. The number of aryl methyl sites for hydroxylation is 1. The Labute approximate surface area is 169 Å². The van der Waals surface area contributed by atoms with Gasteiger partial charge in [0.1, 0.15) is 0 Å². The molecule has 0 saturated carbocycles. The standard InChI is InChI=1S/C23H22O6/c1-15-8-7-11-17-13-18(26-2)22(27-3)23(21(15)17)29-20(25)14-28-19(24)12-16-9-5-4-6-10-16/h4-11,13H,12,14H2,1-3H3. The quantitative estimate of drug-likeness (QED) is 0.448. The zero-order valence-corrected chi connectivity index (χ0v) is 16.6. The summed E-state index contributed by atoms with van der Waals surface area (Å²) in [5, 5.41) is 1.57. The average molecular weight is 394 g/mol. The maximum absolute atomic E-state index is 12.4. The Morgan fingerprint density at radius 2 is 1.62 bits per heavy atom. The van der Waals surface area contributed by atoms with Gasteiger partial charge in [0.05, 0.1) is 20.6 Å². The SMILES string of the molecule is COc1cc2cccc(C)c2c(OC(=O)COC(=O)Cc2ccccc2)c1OC. The first-order valence-corrected chi connectivity index (χ1v) is 9.08. The maximum Gasteiger partial charge on any atom is 0.349 e. The van der Waals surface area contributed by atoms with E-state index in [0.717, 1.165) is 21.9 Å². The van der Waals surface area contributed by atoms with E-state index in [2.05, 4.69) is 0 Å². The maximum atomic E-state index is 12.4. The summed E-state index contributed by atoms with van der Waals surface area (Å²) in [6.45, 7) is 1.41. The smallest absolute Gasteiger partial charge is 0.349 e. The van der Waals surface area contributed by atoms with Crippen LogP contribution in [-0.2, 0) is 20.7 Å². The van der Waals surface area contributed by atoms with Crippen LogP contribution in [0.5, 0.6) is 17.2 Å². The average Bonchev–Trinajstić information content (AvgIpc) is 2.72. The summed E-state index contributed by atoms with van der Waals surface area (Å²) in [6.07, 6.45) is 0.0820. The van der Waals surface area contributed by atoms with E-state index in [9.17, 15) is 9.59 Å². The summed E-state index contributed by atoms with van der Waals surface area (Å²) in [4.78, 5) is 24.4. The minimum atomic E-state index is -0.706. The Morgan fingerprint density at radius 3 is 2.31 bits per heavy atom. The van der Waals surface area contributed by atoms with E-state index in [1.54, 1.807) is 0 Å². The van der Waals surface area contributed by atoms with E-state index < -0.39 is 18.5 Å². The molecule has 0 aliphatic carbocycles. The molecular weight excluding hydrogens is 372 g/mol. The van der Waals surface area contributed by atoms with Crippen LogP contribution >= 0.6 is 0 Å². The predicted molar refractivity (Wildman–Crippen MR) is 109 cm³/mol. The van der Waals surface area contributed by atoms with Crippen molar-refractivity contribution in [1.29, 1.82) is 0 Å². The van der Waals surface area contributed by atoms with Crippen molar-refractivity contribution in [3.8, 4) is 17.2 Å². The molecule has 0 bridgehead atoms. The van der Waals surface area contributed by atoms with Gasteiger partial charge in [-0.25, -0.2) is 4.79 Å². The summed E-state index contributed by atoms with van der Waals surface area (Å²) in [7, 11) is 2.98. The summed E-state index contributed by atoms with van der Waals surface area (Å²) in [5.74, 6) is -0.230. The lowest BCUT2D eigenvalue weighted by molar-refractivity contribution is -0.153. The van der Waals surface area contributed by atoms with E-state index >= 15 is 0 Å². The molecule has 0 aliphatic rings. The largest absolute Gasteiger partial charge is 0.493 e. The molecule has 0 aliphatic heterocycles. The number of fused-ring (bicyclic) bond motifs is 1. The third-order valence-electron chi connectivity index (χ3n) is 4.43. The minimum Gasteiger partial charge on any atom is -0.493 e. The summed E-state index contributed by atoms with van der Waals surface area (Å²) < 4.78 is 21.4. The summed E-state index contributed by atoms with van der Waals surface area (Å²) >= 11 is 0. The molecule has 0 aromatic heterocycles. The molecule has 3 rings (SSSR count). The fourth-order valence-corrected chi connectivity index (χ4v) is 3.09. The number of benzene rings is 3. The van der Waals surface area contributed by atoms with Crippen LogP contribution < -0.4 is 14.2 Å². The van der Waals surface area contributed by atoms with Gasteiger partial charge in [0.25, 0.3) is 0 Å². The van der Waals surface area contributed by atoms with Crippen molar-refractivity contribution in [3.05, 3.63) is 65.7 Å². The highest BCUT2D eigenvalue weighted by Crippen LogP contribution is 2.44. The Kier molecular flexibility index (Phi) is 6.34. The van der Waals surface area contributed by atoms with Crippen LogP contribution in [0.2, 0.25) is 0 Å². The van der Waals surface area contributed by atoms with Gasteiger partial charge < -0.3 is 18.9 Å². The molecule has 0 saturated heterocycles. The van der Waals surface area contributed by atoms with Crippen molar-refractivity contribution in [2.75, 3.05) is 20.8 Å². The van der Waals surface area contributed by atoms with Gasteiger partial charge in [-0.05, 0) is 29.5 Å². The lowest BCUT2D eigenvalue weighted by Gasteiger charge is -2.17. The molecule has 29 heavy (non-hydrogen) atoms. The van der Waals surface area contributed by atoms with Crippen molar-refractivity contribution in [3.63, 3.8) is 0 Å².